The van der Waals surface area contributed by atoms with Crippen molar-refractivity contribution in [3.63, 3.8) is 0 Å². The van der Waals surface area contributed by atoms with Crippen LogP contribution in [0.5, 0.6) is 0 Å². The lowest BCUT2D eigenvalue weighted by molar-refractivity contribution is -0.121. The monoisotopic (exact) mass is 770 g/mol. The topological polar surface area (TPSA) is 193 Å². The first-order chi connectivity index (χ1) is 26.1. The van der Waals surface area contributed by atoms with Crippen LogP contribution >= 0.6 is 7.75 Å². The van der Waals surface area contributed by atoms with Gasteiger partial charge in [0.05, 0.1) is 18.8 Å². The van der Waals surface area contributed by atoms with Crippen molar-refractivity contribution < 1.29 is 23.1 Å². The zero-order valence-corrected chi connectivity index (χ0v) is 33.1. The van der Waals surface area contributed by atoms with Gasteiger partial charge in [0.25, 0.3) is 5.56 Å². The molecule has 0 radical (unpaired) electrons. The first-order valence-electron chi connectivity index (χ1n) is 18.5. The second-order valence-electron chi connectivity index (χ2n) is 12.6. The van der Waals surface area contributed by atoms with E-state index in [4.69, 9.17) is 19.3 Å². The van der Waals surface area contributed by atoms with Gasteiger partial charge < -0.3 is 19.5 Å². The Balaban J connectivity index is 1.57. The lowest BCUT2D eigenvalue weighted by Crippen LogP contribution is -2.36. The molecule has 54 heavy (non-hydrogen) atoms. The summed E-state index contributed by atoms with van der Waals surface area (Å²) in [7, 11) is -0.621. The smallest absolute Gasteiger partial charge is 0.355 e. The molecule has 1 unspecified atom stereocenters. The molecular formula is C38H59N8O7P. The number of hydrogen-bond donors (Lipinski definition) is 3. The number of likely N-dealkylation sites (N-methyl/N-ethyl adjacent to an activating group) is 1. The molecule has 3 N–H and O–H groups in total. The highest BCUT2D eigenvalue weighted by Gasteiger charge is 2.38. The standard InChI is InChI=1S/C38H59N8O7P/c1-5-6-7-8-9-10-11-12-13-14-15-16-17-18-19-20-21-22-23-24-35(47)40-25-27-45(3)28-26-41-54(50,51-4)52-31-34-33(43-44-39)29-36(53-34)46-30-32(2)37(48)42-38(46)49/h6-7,9-10,12-13,15-16,18-19,21-22,30,33-34,36H,5,8,11,14,17,20,23-29,31H2,1-4H3,(H,40,47)(H,41,50)(H,42,48,49)/b7-6-,10-9-,13-12-,16-15-,19-18-,22-21-/t33-,34+,36-,54?/m0/s1. The van der Waals surface area contributed by atoms with Gasteiger partial charge in [0.1, 0.15) is 6.23 Å². The van der Waals surface area contributed by atoms with Crippen molar-refractivity contribution >= 4 is 13.7 Å². The summed E-state index contributed by atoms with van der Waals surface area (Å²) in [6, 6.07) is -0.712. The van der Waals surface area contributed by atoms with Gasteiger partial charge in [-0.3, -0.25) is 23.7 Å². The Morgan fingerprint density at radius 2 is 1.59 bits per heavy atom. The number of carbonyl (C=O) groups excluding carboxylic acids is 1. The van der Waals surface area contributed by atoms with Crippen LogP contribution in [0.3, 0.4) is 0 Å². The Labute approximate surface area is 319 Å². The van der Waals surface area contributed by atoms with E-state index in [1.54, 1.807) is 6.92 Å². The Bertz CT molecular complexity index is 1660. The van der Waals surface area contributed by atoms with Gasteiger partial charge >= 0.3 is 13.4 Å². The third-order valence-corrected chi connectivity index (χ3v) is 9.84. The fraction of sp³-hybridized carbons (Fsp3) is 0.553. The van der Waals surface area contributed by atoms with E-state index in [9.17, 15) is 18.9 Å². The zero-order valence-electron chi connectivity index (χ0n) is 32.2. The van der Waals surface area contributed by atoms with Crippen LogP contribution in [0.25, 0.3) is 10.4 Å². The highest BCUT2D eigenvalue weighted by atomic mass is 31.2. The maximum atomic E-state index is 13.2. The predicted molar refractivity (Wildman–Crippen MR) is 214 cm³/mol. The maximum Gasteiger partial charge on any atom is 0.405 e. The number of allylic oxidation sites excluding steroid dienone is 12. The Kier molecular flexibility index (Phi) is 23.5. The van der Waals surface area contributed by atoms with Crippen molar-refractivity contribution in [1.29, 1.82) is 0 Å². The minimum absolute atomic E-state index is 0.0192. The molecule has 0 saturated carbocycles. The molecule has 1 amide bonds. The summed E-state index contributed by atoms with van der Waals surface area (Å²) in [5.74, 6) is -0.0192. The van der Waals surface area contributed by atoms with E-state index in [0.29, 0.717) is 38.0 Å². The summed E-state index contributed by atoms with van der Waals surface area (Å²) < 4.78 is 31.0. The van der Waals surface area contributed by atoms with Crippen molar-refractivity contribution in [2.24, 2.45) is 5.11 Å². The average Bonchev–Trinajstić information content (AvgIpc) is 3.55. The predicted octanol–water partition coefficient (Wildman–Crippen LogP) is 6.70. The largest absolute Gasteiger partial charge is 0.405 e. The molecule has 1 aromatic heterocycles. The first-order valence-corrected chi connectivity index (χ1v) is 20.1. The van der Waals surface area contributed by atoms with E-state index in [2.05, 4.69) is 99.2 Å². The summed E-state index contributed by atoms with van der Waals surface area (Å²) in [5, 5.41) is 9.47. The molecule has 1 saturated heterocycles. The zero-order chi connectivity index (χ0) is 39.4. The minimum atomic E-state index is -3.75. The number of aromatic nitrogens is 2. The van der Waals surface area contributed by atoms with Crippen LogP contribution in [0, 0.1) is 6.92 Å². The van der Waals surface area contributed by atoms with Gasteiger partial charge in [-0.1, -0.05) is 85.0 Å². The van der Waals surface area contributed by atoms with Gasteiger partial charge in [0.15, 0.2) is 0 Å². The van der Waals surface area contributed by atoms with Gasteiger partial charge in [-0.2, -0.15) is 0 Å². The molecule has 16 heteroatoms. The number of carbonyl (C=O) groups is 1. The summed E-state index contributed by atoms with van der Waals surface area (Å²) >= 11 is 0. The average molecular weight is 771 g/mol. The van der Waals surface area contributed by atoms with Crippen LogP contribution in [-0.2, 0) is 23.1 Å². The second-order valence-corrected chi connectivity index (χ2v) is 14.5. The maximum absolute atomic E-state index is 13.2. The molecule has 1 aliphatic heterocycles. The highest BCUT2D eigenvalue weighted by molar-refractivity contribution is 7.51. The molecule has 2 rings (SSSR count). The van der Waals surface area contributed by atoms with Crippen molar-refractivity contribution in [3.05, 3.63) is 116 Å². The molecular weight excluding hydrogens is 711 g/mol. The molecule has 0 aliphatic carbocycles. The third-order valence-electron chi connectivity index (χ3n) is 8.26. The molecule has 0 bridgehead atoms. The SMILES string of the molecule is CC/C=C\C/C=C\C/C=C\C/C=C\C/C=C\C/C=C\CCC(=O)NCCN(C)CCNP(=O)(OC)OC[C@H]1O[C@H](n2cc(C)c(=O)[nH]c2=O)C[C@@H]1N=[N+]=[N-]. The molecule has 15 nitrogen and oxygen atoms in total. The number of aryl methyl sites for hydroxylation is 1. The van der Waals surface area contributed by atoms with Crippen LogP contribution in [0.4, 0.5) is 0 Å². The summed E-state index contributed by atoms with van der Waals surface area (Å²) in [6.07, 6.45) is 32.5. The summed E-state index contributed by atoms with van der Waals surface area (Å²) in [5.41, 5.74) is 8.18. The van der Waals surface area contributed by atoms with Gasteiger partial charge in [-0.15, -0.1) is 0 Å². The van der Waals surface area contributed by atoms with E-state index in [1.807, 2.05) is 18.0 Å². The van der Waals surface area contributed by atoms with E-state index in [-0.39, 0.29) is 25.5 Å². The molecule has 1 fully saturated rings. The number of aromatic amines is 1. The quantitative estimate of drug-likeness (QED) is 0.0287. The number of hydrogen-bond acceptors (Lipinski definition) is 9. The molecule has 2 heterocycles. The molecule has 1 aliphatic rings. The Morgan fingerprint density at radius 1 is 1.02 bits per heavy atom. The molecule has 298 valence electrons. The number of H-pyrrole nitrogens is 1. The number of ether oxygens (including phenoxy) is 1. The van der Waals surface area contributed by atoms with E-state index in [1.165, 1.54) is 17.9 Å². The van der Waals surface area contributed by atoms with Crippen LogP contribution in [0.15, 0.2) is 93.8 Å². The van der Waals surface area contributed by atoms with Crippen LogP contribution < -0.4 is 21.7 Å². The molecule has 0 aromatic carbocycles. The molecule has 1 aromatic rings. The van der Waals surface area contributed by atoms with Crippen molar-refractivity contribution in [1.82, 2.24) is 24.9 Å². The fourth-order valence-electron chi connectivity index (χ4n) is 5.18. The lowest BCUT2D eigenvalue weighted by atomic mass is 10.1. The second kappa shape index (κ2) is 27.5. The minimum Gasteiger partial charge on any atom is -0.355 e. The van der Waals surface area contributed by atoms with Crippen molar-refractivity contribution in [2.45, 2.75) is 90.0 Å². The van der Waals surface area contributed by atoms with Crippen molar-refractivity contribution in [2.75, 3.05) is 46.9 Å². The number of rotatable bonds is 27. The van der Waals surface area contributed by atoms with Crippen molar-refractivity contribution in [3.8, 4) is 0 Å². The molecule has 4 atom stereocenters. The number of nitrogens with one attached hydrogen (secondary N) is 3. The van der Waals surface area contributed by atoms with Gasteiger partial charge in [-0.05, 0) is 64.4 Å². The van der Waals surface area contributed by atoms with Crippen LogP contribution in [0.2, 0.25) is 0 Å². The Hall–Kier alpha value is -4.07. The van der Waals surface area contributed by atoms with E-state index >= 15 is 0 Å². The third kappa shape index (κ3) is 19.3. The number of nitrogens with zero attached hydrogens (tertiary/aromatic N) is 5. The number of azide groups is 1. The Morgan fingerprint density at radius 3 is 2.17 bits per heavy atom. The van der Waals surface area contributed by atoms with Gasteiger partial charge in [0, 0.05) is 62.8 Å². The van der Waals surface area contributed by atoms with Gasteiger partial charge in [-0.25, -0.2) is 14.4 Å². The molecule has 0 spiro atoms. The normalized spacial score (nSPS) is 19.0. The van der Waals surface area contributed by atoms with Crippen LogP contribution in [0.1, 0.15) is 76.5 Å². The summed E-state index contributed by atoms with van der Waals surface area (Å²) in [6.45, 7) is 5.26. The van der Waals surface area contributed by atoms with E-state index < -0.39 is 37.4 Å². The highest BCUT2D eigenvalue weighted by Crippen LogP contribution is 2.43. The number of amides is 1. The lowest BCUT2D eigenvalue weighted by Gasteiger charge is -2.23. The van der Waals surface area contributed by atoms with Crippen LogP contribution in [-0.4, -0.2) is 79.4 Å². The first kappa shape index (κ1) is 46.1. The summed E-state index contributed by atoms with van der Waals surface area (Å²) in [4.78, 5) is 43.4. The fourth-order valence-corrected chi connectivity index (χ4v) is 6.22. The van der Waals surface area contributed by atoms with E-state index in [0.717, 1.165) is 38.5 Å². The van der Waals surface area contributed by atoms with Gasteiger partial charge in [0.2, 0.25) is 5.91 Å².